The van der Waals surface area contributed by atoms with Crippen molar-refractivity contribution >= 4 is 12.0 Å². The number of nitrogens with one attached hydrogen (secondary N) is 1. The Morgan fingerprint density at radius 2 is 1.97 bits per heavy atom. The molecule has 0 radical (unpaired) electrons. The Morgan fingerprint density at radius 1 is 1.24 bits per heavy atom. The fourth-order valence-corrected chi connectivity index (χ4v) is 4.39. The molecule has 2 amide bonds. The van der Waals surface area contributed by atoms with Gasteiger partial charge < -0.3 is 19.5 Å². The molecule has 1 saturated heterocycles. The van der Waals surface area contributed by atoms with Crippen LogP contribution in [0.5, 0.6) is 0 Å². The summed E-state index contributed by atoms with van der Waals surface area (Å²) < 4.78 is 7.23. The zero-order chi connectivity index (χ0) is 21.3. The highest BCUT2D eigenvalue weighted by Gasteiger charge is 2.39. The number of ether oxygens (including phenoxy) is 1. The van der Waals surface area contributed by atoms with Crippen LogP contribution in [-0.2, 0) is 16.1 Å². The van der Waals surface area contributed by atoms with Crippen LogP contribution >= 0.6 is 0 Å². The van der Waals surface area contributed by atoms with Gasteiger partial charge in [0.05, 0.1) is 0 Å². The van der Waals surface area contributed by atoms with E-state index in [2.05, 4.69) is 5.32 Å². The monoisotopic (exact) mass is 403 g/mol. The van der Waals surface area contributed by atoms with Crippen LogP contribution in [0.1, 0.15) is 59.1 Å². The van der Waals surface area contributed by atoms with Crippen molar-refractivity contribution in [3.05, 3.63) is 34.2 Å². The molecule has 0 saturated carbocycles. The number of hydrogen-bond donors (Lipinski definition) is 1. The second kappa shape index (κ2) is 8.20. The molecule has 160 valence electrons. The number of aromatic nitrogens is 1. The molecule has 1 N–H and O–H groups in total. The van der Waals surface area contributed by atoms with Gasteiger partial charge in [-0.1, -0.05) is 26.3 Å². The number of fused-ring (bicyclic) bond motifs is 4. The SMILES string of the molecule is CCC(C)C(NC(=O)OC(C)(C)C)C(=O)N1C[C@H]2C[C@@H](C1)c1cccc(=O)n1C2. The number of likely N-dealkylation sites (tertiary alicyclic amines) is 1. The standard InChI is InChI=1S/C22H33N3O4/c1-6-14(2)19(23-21(28)29-22(3,4)5)20(27)24-11-15-10-16(13-24)17-8-7-9-18(26)25(17)12-15/h7-9,14-16,19H,6,10-13H2,1-5H3,(H,23,28)/t14?,15-,16+,19?/m1/s1. The molecule has 3 heterocycles. The lowest BCUT2D eigenvalue weighted by Crippen LogP contribution is -2.57. The minimum Gasteiger partial charge on any atom is -0.444 e. The van der Waals surface area contributed by atoms with Gasteiger partial charge in [0.2, 0.25) is 5.91 Å². The van der Waals surface area contributed by atoms with Crippen molar-refractivity contribution in [3.8, 4) is 0 Å². The minimum absolute atomic E-state index is 0.00769. The van der Waals surface area contributed by atoms with E-state index in [1.807, 2.05) is 29.4 Å². The van der Waals surface area contributed by atoms with Crippen LogP contribution in [0.15, 0.2) is 23.0 Å². The third kappa shape index (κ3) is 4.82. The van der Waals surface area contributed by atoms with Crippen molar-refractivity contribution in [2.45, 2.75) is 71.6 Å². The molecule has 1 fully saturated rings. The first-order valence-corrected chi connectivity index (χ1v) is 10.6. The molecular formula is C22H33N3O4. The number of piperidine rings is 1. The van der Waals surface area contributed by atoms with E-state index in [-0.39, 0.29) is 29.2 Å². The van der Waals surface area contributed by atoms with Crippen LogP contribution < -0.4 is 10.9 Å². The van der Waals surface area contributed by atoms with E-state index in [1.54, 1.807) is 32.9 Å². The Kier molecular flexibility index (Phi) is 6.05. The molecule has 29 heavy (non-hydrogen) atoms. The highest BCUT2D eigenvalue weighted by atomic mass is 16.6. The fourth-order valence-electron chi connectivity index (χ4n) is 4.39. The van der Waals surface area contributed by atoms with Crippen LogP contribution in [0.4, 0.5) is 4.79 Å². The van der Waals surface area contributed by atoms with Crippen molar-refractivity contribution in [2.24, 2.45) is 11.8 Å². The molecule has 1 aromatic heterocycles. The van der Waals surface area contributed by atoms with Crippen molar-refractivity contribution in [3.63, 3.8) is 0 Å². The summed E-state index contributed by atoms with van der Waals surface area (Å²) in [6, 6.07) is 4.76. The van der Waals surface area contributed by atoms with Gasteiger partial charge >= 0.3 is 6.09 Å². The largest absolute Gasteiger partial charge is 0.444 e. The summed E-state index contributed by atoms with van der Waals surface area (Å²) in [5, 5.41) is 2.81. The normalized spacial score (nSPS) is 23.0. The smallest absolute Gasteiger partial charge is 0.408 e. The lowest BCUT2D eigenvalue weighted by Gasteiger charge is -2.44. The molecule has 2 aliphatic rings. The van der Waals surface area contributed by atoms with Gasteiger partial charge in [0.25, 0.3) is 5.56 Å². The molecular weight excluding hydrogens is 370 g/mol. The first-order chi connectivity index (χ1) is 13.6. The number of nitrogens with zero attached hydrogens (tertiary/aromatic N) is 2. The molecule has 3 rings (SSSR count). The highest BCUT2D eigenvalue weighted by molar-refractivity contribution is 5.86. The summed E-state index contributed by atoms with van der Waals surface area (Å²) in [6.45, 7) is 11.2. The second-order valence-electron chi connectivity index (χ2n) is 9.45. The number of alkyl carbamates (subject to hydrolysis) is 1. The van der Waals surface area contributed by atoms with Crippen molar-refractivity contribution in [1.82, 2.24) is 14.8 Å². The maximum atomic E-state index is 13.4. The number of carbonyl (C=O) groups is 2. The van der Waals surface area contributed by atoms with E-state index >= 15 is 0 Å². The van der Waals surface area contributed by atoms with Gasteiger partial charge in [-0.15, -0.1) is 0 Å². The van der Waals surface area contributed by atoms with Gasteiger partial charge in [-0.2, -0.15) is 0 Å². The summed E-state index contributed by atoms with van der Waals surface area (Å²) in [5.74, 6) is 0.335. The van der Waals surface area contributed by atoms with Crippen molar-refractivity contribution in [2.75, 3.05) is 13.1 Å². The molecule has 0 spiro atoms. The summed E-state index contributed by atoms with van der Waals surface area (Å²) in [5.41, 5.74) is 0.416. The van der Waals surface area contributed by atoms with Crippen LogP contribution in [0, 0.1) is 11.8 Å². The number of pyridine rings is 1. The maximum absolute atomic E-state index is 13.4. The maximum Gasteiger partial charge on any atom is 0.408 e. The zero-order valence-corrected chi connectivity index (χ0v) is 18.1. The molecule has 1 aromatic rings. The highest BCUT2D eigenvalue weighted by Crippen LogP contribution is 2.35. The molecule has 2 aliphatic heterocycles. The van der Waals surface area contributed by atoms with Gasteiger partial charge in [0.1, 0.15) is 11.6 Å². The Hall–Kier alpha value is -2.31. The first-order valence-electron chi connectivity index (χ1n) is 10.6. The Labute approximate surface area is 172 Å². The summed E-state index contributed by atoms with van der Waals surface area (Å²) in [7, 11) is 0. The van der Waals surface area contributed by atoms with Crippen LogP contribution in [0.25, 0.3) is 0 Å². The van der Waals surface area contributed by atoms with E-state index in [4.69, 9.17) is 4.74 Å². The molecule has 2 bridgehead atoms. The first kappa shape index (κ1) is 21.4. The summed E-state index contributed by atoms with van der Waals surface area (Å²) in [4.78, 5) is 39.8. The zero-order valence-electron chi connectivity index (χ0n) is 18.1. The van der Waals surface area contributed by atoms with Gasteiger partial charge in [-0.3, -0.25) is 9.59 Å². The van der Waals surface area contributed by atoms with E-state index < -0.39 is 17.7 Å². The van der Waals surface area contributed by atoms with Crippen LogP contribution in [-0.4, -0.2) is 46.2 Å². The van der Waals surface area contributed by atoms with Gasteiger partial charge in [0.15, 0.2) is 0 Å². The molecule has 4 atom stereocenters. The van der Waals surface area contributed by atoms with E-state index in [0.717, 1.165) is 18.5 Å². The summed E-state index contributed by atoms with van der Waals surface area (Å²) in [6.07, 6.45) is 1.19. The Balaban J connectivity index is 1.77. The minimum atomic E-state index is -0.619. The van der Waals surface area contributed by atoms with Gasteiger partial charge in [-0.25, -0.2) is 4.79 Å². The molecule has 0 aliphatic carbocycles. The number of rotatable bonds is 4. The van der Waals surface area contributed by atoms with Gasteiger partial charge in [0, 0.05) is 37.3 Å². The van der Waals surface area contributed by atoms with Crippen molar-refractivity contribution in [1.29, 1.82) is 0 Å². The third-order valence-electron chi connectivity index (χ3n) is 5.94. The lowest BCUT2D eigenvalue weighted by atomic mass is 9.82. The Morgan fingerprint density at radius 3 is 2.62 bits per heavy atom. The molecule has 2 unspecified atom stereocenters. The van der Waals surface area contributed by atoms with Gasteiger partial charge in [-0.05, 0) is 45.1 Å². The number of hydrogen-bond acceptors (Lipinski definition) is 4. The van der Waals surface area contributed by atoms with Crippen LogP contribution in [0.3, 0.4) is 0 Å². The molecule has 0 aromatic carbocycles. The van der Waals surface area contributed by atoms with E-state index in [9.17, 15) is 14.4 Å². The van der Waals surface area contributed by atoms with Crippen molar-refractivity contribution < 1.29 is 14.3 Å². The predicted molar refractivity (Wildman–Crippen MR) is 111 cm³/mol. The lowest BCUT2D eigenvalue weighted by molar-refractivity contribution is -0.137. The predicted octanol–water partition coefficient (Wildman–Crippen LogP) is 2.73. The molecule has 7 heteroatoms. The topological polar surface area (TPSA) is 80.6 Å². The average molecular weight is 404 g/mol. The fraction of sp³-hybridized carbons (Fsp3) is 0.682. The quantitative estimate of drug-likeness (QED) is 0.838. The average Bonchev–Trinajstić information content (AvgIpc) is 2.64. The number of amides is 2. The van der Waals surface area contributed by atoms with E-state index in [0.29, 0.717) is 19.6 Å². The molecule has 7 nitrogen and oxygen atoms in total. The Bertz CT molecular complexity index is 826. The van der Waals surface area contributed by atoms with Crippen LogP contribution in [0.2, 0.25) is 0 Å². The van der Waals surface area contributed by atoms with E-state index in [1.165, 1.54) is 0 Å². The summed E-state index contributed by atoms with van der Waals surface area (Å²) >= 11 is 0. The third-order valence-corrected chi connectivity index (χ3v) is 5.94. The number of carbonyl (C=O) groups excluding carboxylic acids is 2. The second-order valence-corrected chi connectivity index (χ2v) is 9.45.